The van der Waals surface area contributed by atoms with Gasteiger partial charge in [0, 0.05) is 17.5 Å². The predicted octanol–water partition coefficient (Wildman–Crippen LogP) is 2.46. The number of hydrogen-bond acceptors (Lipinski definition) is 3. The first-order chi connectivity index (χ1) is 11.0. The third-order valence-corrected chi connectivity index (χ3v) is 4.76. The van der Waals surface area contributed by atoms with Gasteiger partial charge in [-0.1, -0.05) is 0 Å². The van der Waals surface area contributed by atoms with Crippen LogP contribution in [0.15, 0.2) is 22.8 Å². The minimum Gasteiger partial charge on any atom is -0.464 e. The fraction of sp³-hybridized carbons (Fsp3) is 0.444. The van der Waals surface area contributed by atoms with Gasteiger partial charge in [0.05, 0.1) is 12.7 Å². The number of piperidine rings is 1. The van der Waals surface area contributed by atoms with Crippen molar-refractivity contribution >= 4 is 22.8 Å². The summed E-state index contributed by atoms with van der Waals surface area (Å²) in [5.41, 5.74) is 9.43. The second kappa shape index (κ2) is 6.07. The third-order valence-electron chi connectivity index (χ3n) is 4.76. The molecule has 0 aliphatic carbocycles. The summed E-state index contributed by atoms with van der Waals surface area (Å²) < 4.78 is 5.59. The summed E-state index contributed by atoms with van der Waals surface area (Å²) in [4.78, 5) is 25.9. The van der Waals surface area contributed by atoms with E-state index in [9.17, 15) is 9.59 Å². The van der Waals surface area contributed by atoms with Crippen LogP contribution in [0, 0.1) is 13.8 Å². The molecule has 3 rings (SSSR count). The maximum atomic E-state index is 12.7. The number of likely N-dealkylation sites (tertiary alicyclic amines) is 1. The average Bonchev–Trinajstić information content (AvgIpc) is 2.89. The van der Waals surface area contributed by atoms with Crippen LogP contribution in [0.5, 0.6) is 0 Å². The van der Waals surface area contributed by atoms with E-state index in [1.54, 1.807) is 11.2 Å². The summed E-state index contributed by atoms with van der Waals surface area (Å²) in [6.45, 7) is 4.68. The van der Waals surface area contributed by atoms with Crippen LogP contribution in [0.3, 0.4) is 0 Å². The Kier molecular flexibility index (Phi) is 4.11. The second-order valence-electron chi connectivity index (χ2n) is 6.37. The molecule has 0 saturated carbocycles. The van der Waals surface area contributed by atoms with Crippen LogP contribution in [-0.4, -0.2) is 29.3 Å². The SMILES string of the molecule is Cc1cc2occ(CC(=O)N3CCCCC3C(N)=O)c2cc1C. The summed E-state index contributed by atoms with van der Waals surface area (Å²) >= 11 is 0. The Labute approximate surface area is 135 Å². The van der Waals surface area contributed by atoms with E-state index < -0.39 is 11.9 Å². The van der Waals surface area contributed by atoms with Crippen molar-refractivity contribution in [3.8, 4) is 0 Å². The van der Waals surface area contributed by atoms with E-state index in [2.05, 4.69) is 6.07 Å². The maximum Gasteiger partial charge on any atom is 0.240 e. The second-order valence-corrected chi connectivity index (χ2v) is 6.37. The first-order valence-electron chi connectivity index (χ1n) is 8.03. The van der Waals surface area contributed by atoms with Gasteiger partial charge in [-0.3, -0.25) is 9.59 Å². The van der Waals surface area contributed by atoms with E-state index in [1.807, 2.05) is 19.9 Å². The first-order valence-corrected chi connectivity index (χ1v) is 8.03. The Morgan fingerprint density at radius 2 is 2.00 bits per heavy atom. The summed E-state index contributed by atoms with van der Waals surface area (Å²) in [5, 5.41) is 0.967. The van der Waals surface area contributed by atoms with Crippen molar-refractivity contribution in [1.29, 1.82) is 0 Å². The normalized spacial score (nSPS) is 18.3. The van der Waals surface area contributed by atoms with Gasteiger partial charge in [0.1, 0.15) is 11.6 Å². The molecule has 1 aromatic carbocycles. The van der Waals surface area contributed by atoms with Crippen LogP contribution < -0.4 is 5.73 Å². The van der Waals surface area contributed by atoms with Crippen LogP contribution in [0.2, 0.25) is 0 Å². The lowest BCUT2D eigenvalue weighted by molar-refractivity contribution is -0.140. The van der Waals surface area contributed by atoms with Crippen LogP contribution in [0.1, 0.15) is 36.0 Å². The summed E-state index contributed by atoms with van der Waals surface area (Å²) in [6.07, 6.45) is 4.39. The molecule has 1 saturated heterocycles. The standard InChI is InChI=1S/C18H22N2O3/c1-11-7-14-13(10-23-16(14)8-12(11)2)9-17(21)20-6-4-3-5-15(20)18(19)22/h7-8,10,15H,3-6,9H2,1-2H3,(H2,19,22). The zero-order chi connectivity index (χ0) is 16.6. The van der Waals surface area contributed by atoms with Gasteiger partial charge in [-0.25, -0.2) is 0 Å². The number of carbonyl (C=O) groups excluding carboxylic acids is 2. The minimum absolute atomic E-state index is 0.0607. The van der Waals surface area contributed by atoms with E-state index in [4.69, 9.17) is 10.2 Å². The maximum absolute atomic E-state index is 12.7. The molecule has 0 bridgehead atoms. The molecule has 1 atom stereocenters. The highest BCUT2D eigenvalue weighted by atomic mass is 16.3. The van der Waals surface area contributed by atoms with Gasteiger partial charge in [0.15, 0.2) is 0 Å². The summed E-state index contributed by atoms with van der Waals surface area (Å²) in [7, 11) is 0. The molecule has 1 aliphatic heterocycles. The smallest absolute Gasteiger partial charge is 0.240 e. The van der Waals surface area contributed by atoms with Crippen molar-refractivity contribution in [3.05, 3.63) is 35.1 Å². The predicted molar refractivity (Wildman–Crippen MR) is 87.9 cm³/mol. The van der Waals surface area contributed by atoms with Gasteiger partial charge in [0.2, 0.25) is 11.8 Å². The van der Waals surface area contributed by atoms with E-state index in [0.717, 1.165) is 34.9 Å². The fourth-order valence-electron chi connectivity index (χ4n) is 3.26. The highest BCUT2D eigenvalue weighted by molar-refractivity contribution is 5.91. The molecule has 1 unspecified atom stereocenters. The summed E-state index contributed by atoms with van der Waals surface area (Å²) in [5.74, 6) is -0.476. The Morgan fingerprint density at radius 3 is 2.74 bits per heavy atom. The number of carbonyl (C=O) groups is 2. The summed E-state index contributed by atoms with van der Waals surface area (Å²) in [6, 6.07) is 3.57. The number of primary amides is 1. The highest BCUT2D eigenvalue weighted by Gasteiger charge is 2.30. The average molecular weight is 314 g/mol. The number of fused-ring (bicyclic) bond motifs is 1. The molecule has 1 fully saturated rings. The minimum atomic E-state index is -0.474. The Balaban J connectivity index is 1.85. The number of benzene rings is 1. The van der Waals surface area contributed by atoms with Crippen LogP contribution in [0.25, 0.3) is 11.0 Å². The van der Waals surface area contributed by atoms with E-state index >= 15 is 0 Å². The number of nitrogens with zero attached hydrogens (tertiary/aromatic N) is 1. The molecule has 2 amide bonds. The van der Waals surface area contributed by atoms with Gasteiger partial charge >= 0.3 is 0 Å². The number of aryl methyl sites for hydroxylation is 2. The van der Waals surface area contributed by atoms with Crippen molar-refractivity contribution in [1.82, 2.24) is 4.90 Å². The van der Waals surface area contributed by atoms with E-state index in [1.165, 1.54) is 5.56 Å². The van der Waals surface area contributed by atoms with Crippen molar-refractivity contribution < 1.29 is 14.0 Å². The highest BCUT2D eigenvalue weighted by Crippen LogP contribution is 2.26. The van der Waals surface area contributed by atoms with Crippen LogP contribution in [-0.2, 0) is 16.0 Å². The number of hydrogen-bond donors (Lipinski definition) is 1. The van der Waals surface area contributed by atoms with Gasteiger partial charge in [-0.15, -0.1) is 0 Å². The van der Waals surface area contributed by atoms with Crippen molar-refractivity contribution in [3.63, 3.8) is 0 Å². The molecule has 122 valence electrons. The van der Waals surface area contributed by atoms with Crippen molar-refractivity contribution in [2.45, 2.75) is 45.6 Å². The van der Waals surface area contributed by atoms with Gasteiger partial charge < -0.3 is 15.1 Å². The van der Waals surface area contributed by atoms with Gasteiger partial charge in [-0.05, 0) is 56.4 Å². The van der Waals surface area contributed by atoms with Crippen LogP contribution >= 0.6 is 0 Å². The first kappa shape index (κ1) is 15.6. The Morgan fingerprint density at radius 1 is 1.26 bits per heavy atom. The van der Waals surface area contributed by atoms with Gasteiger partial charge in [0.25, 0.3) is 0 Å². The molecule has 2 N–H and O–H groups in total. The molecule has 0 spiro atoms. The van der Waals surface area contributed by atoms with E-state index in [-0.39, 0.29) is 12.3 Å². The zero-order valence-corrected chi connectivity index (χ0v) is 13.6. The zero-order valence-electron chi connectivity index (χ0n) is 13.6. The lowest BCUT2D eigenvalue weighted by Crippen LogP contribution is -2.50. The molecule has 2 aromatic rings. The number of rotatable bonds is 3. The van der Waals surface area contributed by atoms with Crippen molar-refractivity contribution in [2.24, 2.45) is 5.73 Å². The number of amides is 2. The topological polar surface area (TPSA) is 76.5 Å². The lowest BCUT2D eigenvalue weighted by Gasteiger charge is -2.33. The molecule has 0 radical (unpaired) electrons. The largest absolute Gasteiger partial charge is 0.464 e. The molecule has 1 aliphatic rings. The number of furan rings is 1. The monoisotopic (exact) mass is 314 g/mol. The molecule has 2 heterocycles. The van der Waals surface area contributed by atoms with Crippen LogP contribution in [0.4, 0.5) is 0 Å². The quantitative estimate of drug-likeness (QED) is 0.945. The molecule has 5 heteroatoms. The Hall–Kier alpha value is -2.30. The van der Waals surface area contributed by atoms with Crippen molar-refractivity contribution in [2.75, 3.05) is 6.54 Å². The molecule has 23 heavy (non-hydrogen) atoms. The molecular weight excluding hydrogens is 292 g/mol. The molecule has 5 nitrogen and oxygen atoms in total. The lowest BCUT2D eigenvalue weighted by atomic mass is 9.99. The number of nitrogens with two attached hydrogens (primary N) is 1. The van der Waals surface area contributed by atoms with E-state index in [0.29, 0.717) is 13.0 Å². The molecule has 1 aromatic heterocycles. The Bertz CT molecular complexity index is 763. The third kappa shape index (κ3) is 2.96. The van der Waals surface area contributed by atoms with Gasteiger partial charge in [-0.2, -0.15) is 0 Å². The molecular formula is C18H22N2O3. The fourth-order valence-corrected chi connectivity index (χ4v) is 3.26.